The SMILES string of the molecule is COCc1cncc(C(=O)O)c1.Cl. The van der Waals surface area contributed by atoms with Gasteiger partial charge in [0, 0.05) is 19.5 Å². The lowest BCUT2D eigenvalue weighted by molar-refractivity contribution is 0.0696. The van der Waals surface area contributed by atoms with E-state index in [4.69, 9.17) is 9.84 Å². The van der Waals surface area contributed by atoms with Crippen LogP contribution in [0.5, 0.6) is 0 Å². The van der Waals surface area contributed by atoms with Crippen molar-refractivity contribution in [3.05, 3.63) is 29.6 Å². The fraction of sp³-hybridized carbons (Fsp3) is 0.250. The van der Waals surface area contributed by atoms with Gasteiger partial charge in [0.1, 0.15) is 0 Å². The largest absolute Gasteiger partial charge is 0.478 e. The van der Waals surface area contributed by atoms with Crippen molar-refractivity contribution in [2.45, 2.75) is 6.61 Å². The number of aromatic nitrogens is 1. The van der Waals surface area contributed by atoms with Crippen molar-refractivity contribution in [3.8, 4) is 0 Å². The quantitative estimate of drug-likeness (QED) is 0.806. The van der Waals surface area contributed by atoms with Crippen LogP contribution in [0.1, 0.15) is 15.9 Å². The van der Waals surface area contributed by atoms with Crippen molar-refractivity contribution >= 4 is 18.4 Å². The summed E-state index contributed by atoms with van der Waals surface area (Å²) in [5.74, 6) is -0.972. The van der Waals surface area contributed by atoms with Gasteiger partial charge in [-0.15, -0.1) is 12.4 Å². The van der Waals surface area contributed by atoms with Gasteiger partial charge in [0.05, 0.1) is 12.2 Å². The topological polar surface area (TPSA) is 59.4 Å². The second-order valence-corrected chi connectivity index (χ2v) is 2.32. The summed E-state index contributed by atoms with van der Waals surface area (Å²) < 4.78 is 4.83. The molecule has 0 unspecified atom stereocenters. The number of methoxy groups -OCH3 is 1. The summed E-state index contributed by atoms with van der Waals surface area (Å²) in [4.78, 5) is 14.2. The average Bonchev–Trinajstić information content (AvgIpc) is 2.05. The van der Waals surface area contributed by atoms with Crippen molar-refractivity contribution in [3.63, 3.8) is 0 Å². The van der Waals surface area contributed by atoms with Crippen LogP contribution in [0.3, 0.4) is 0 Å². The maximum absolute atomic E-state index is 10.5. The van der Waals surface area contributed by atoms with E-state index in [1.807, 2.05) is 0 Å². The van der Waals surface area contributed by atoms with Gasteiger partial charge in [-0.2, -0.15) is 0 Å². The second kappa shape index (κ2) is 5.50. The lowest BCUT2D eigenvalue weighted by Crippen LogP contribution is -1.99. The van der Waals surface area contributed by atoms with Gasteiger partial charge in [0.2, 0.25) is 0 Å². The molecule has 0 atom stereocenters. The molecule has 1 rings (SSSR count). The van der Waals surface area contributed by atoms with Gasteiger partial charge >= 0.3 is 5.97 Å². The highest BCUT2D eigenvalue weighted by Crippen LogP contribution is 2.03. The number of carboxylic acid groups (broad SMARTS) is 1. The van der Waals surface area contributed by atoms with Gasteiger partial charge in [-0.3, -0.25) is 4.98 Å². The first kappa shape index (κ1) is 11.9. The summed E-state index contributed by atoms with van der Waals surface area (Å²) in [5.41, 5.74) is 0.946. The highest BCUT2D eigenvalue weighted by molar-refractivity contribution is 5.87. The van der Waals surface area contributed by atoms with Gasteiger partial charge in [-0.1, -0.05) is 0 Å². The Morgan fingerprint density at radius 3 is 2.85 bits per heavy atom. The highest BCUT2D eigenvalue weighted by atomic mass is 35.5. The molecular formula is C8H10ClNO3. The minimum Gasteiger partial charge on any atom is -0.478 e. The maximum Gasteiger partial charge on any atom is 0.337 e. The van der Waals surface area contributed by atoms with Crippen LogP contribution in [0, 0.1) is 0 Å². The molecule has 13 heavy (non-hydrogen) atoms. The van der Waals surface area contributed by atoms with Crippen molar-refractivity contribution < 1.29 is 14.6 Å². The van der Waals surface area contributed by atoms with E-state index < -0.39 is 5.97 Å². The minimum absolute atomic E-state index is 0. The Labute approximate surface area is 82.0 Å². The van der Waals surface area contributed by atoms with Crippen LogP contribution in [0.4, 0.5) is 0 Å². The number of hydrogen-bond donors (Lipinski definition) is 1. The third-order valence-electron chi connectivity index (χ3n) is 1.35. The zero-order valence-electron chi connectivity index (χ0n) is 7.06. The molecular weight excluding hydrogens is 194 g/mol. The molecule has 0 bridgehead atoms. The predicted octanol–water partition coefficient (Wildman–Crippen LogP) is 1.35. The van der Waals surface area contributed by atoms with E-state index in [0.29, 0.717) is 6.61 Å². The standard InChI is InChI=1S/C8H9NO3.ClH/c1-12-5-6-2-7(8(10)11)4-9-3-6;/h2-4H,5H2,1H3,(H,10,11);1H. The summed E-state index contributed by atoms with van der Waals surface area (Å²) in [7, 11) is 1.55. The molecule has 0 radical (unpaired) electrons. The van der Waals surface area contributed by atoms with Crippen molar-refractivity contribution in [2.24, 2.45) is 0 Å². The molecule has 4 nitrogen and oxygen atoms in total. The second-order valence-electron chi connectivity index (χ2n) is 2.32. The smallest absolute Gasteiger partial charge is 0.337 e. The third kappa shape index (κ3) is 3.40. The summed E-state index contributed by atoms with van der Waals surface area (Å²) in [6, 6.07) is 1.54. The molecule has 0 saturated carbocycles. The Bertz CT molecular complexity index is 290. The number of hydrogen-bond acceptors (Lipinski definition) is 3. The molecule has 0 saturated heterocycles. The summed E-state index contributed by atoms with van der Waals surface area (Å²) >= 11 is 0. The molecule has 0 fully saturated rings. The van der Waals surface area contributed by atoms with E-state index in [2.05, 4.69) is 4.98 Å². The normalized spacial score (nSPS) is 9.00. The zero-order valence-corrected chi connectivity index (χ0v) is 7.87. The zero-order chi connectivity index (χ0) is 8.97. The van der Waals surface area contributed by atoms with Crippen LogP contribution < -0.4 is 0 Å². The molecule has 1 heterocycles. The first-order valence-corrected chi connectivity index (χ1v) is 3.40. The number of carboxylic acids is 1. The van der Waals surface area contributed by atoms with Gasteiger partial charge in [0.25, 0.3) is 0 Å². The number of nitrogens with zero attached hydrogens (tertiary/aromatic N) is 1. The van der Waals surface area contributed by atoms with Crippen molar-refractivity contribution in [1.82, 2.24) is 4.98 Å². The molecule has 0 aliphatic heterocycles. The molecule has 0 aliphatic carbocycles. The summed E-state index contributed by atoms with van der Waals surface area (Å²) in [5, 5.41) is 8.60. The molecule has 0 aromatic carbocycles. The molecule has 72 valence electrons. The van der Waals surface area contributed by atoms with E-state index in [9.17, 15) is 4.79 Å². The molecule has 0 amide bonds. The lowest BCUT2D eigenvalue weighted by Gasteiger charge is -1.99. The number of ether oxygens (including phenoxy) is 1. The predicted molar refractivity (Wildman–Crippen MR) is 49.2 cm³/mol. The van der Waals surface area contributed by atoms with E-state index in [1.165, 1.54) is 6.20 Å². The van der Waals surface area contributed by atoms with E-state index in [1.54, 1.807) is 19.4 Å². The van der Waals surface area contributed by atoms with Crippen LogP contribution in [0.15, 0.2) is 18.5 Å². The van der Waals surface area contributed by atoms with Crippen LogP contribution in [0.25, 0.3) is 0 Å². The molecule has 0 spiro atoms. The first-order valence-electron chi connectivity index (χ1n) is 3.40. The summed E-state index contributed by atoms with van der Waals surface area (Å²) in [6.07, 6.45) is 2.89. The fourth-order valence-electron chi connectivity index (χ4n) is 0.850. The van der Waals surface area contributed by atoms with Crippen LogP contribution >= 0.6 is 12.4 Å². The number of rotatable bonds is 3. The maximum atomic E-state index is 10.5. The van der Waals surface area contributed by atoms with Gasteiger partial charge in [-0.25, -0.2) is 4.79 Å². The van der Waals surface area contributed by atoms with Crippen LogP contribution in [-0.4, -0.2) is 23.2 Å². The van der Waals surface area contributed by atoms with Crippen LogP contribution in [0.2, 0.25) is 0 Å². The summed E-state index contributed by atoms with van der Waals surface area (Å²) in [6.45, 7) is 0.383. The van der Waals surface area contributed by atoms with Crippen molar-refractivity contribution in [1.29, 1.82) is 0 Å². The van der Waals surface area contributed by atoms with E-state index in [0.717, 1.165) is 5.56 Å². The van der Waals surface area contributed by atoms with E-state index in [-0.39, 0.29) is 18.0 Å². The molecule has 1 N–H and O–H groups in total. The van der Waals surface area contributed by atoms with E-state index >= 15 is 0 Å². The third-order valence-corrected chi connectivity index (χ3v) is 1.35. The Kier molecular flexibility index (Phi) is 5.03. The Morgan fingerprint density at radius 2 is 2.31 bits per heavy atom. The fourth-order valence-corrected chi connectivity index (χ4v) is 0.850. The molecule has 0 aliphatic rings. The number of pyridine rings is 1. The molecule has 5 heteroatoms. The Balaban J connectivity index is 0.00000144. The van der Waals surface area contributed by atoms with Crippen LogP contribution in [-0.2, 0) is 11.3 Å². The van der Waals surface area contributed by atoms with Gasteiger partial charge < -0.3 is 9.84 Å². The Morgan fingerprint density at radius 1 is 1.62 bits per heavy atom. The lowest BCUT2D eigenvalue weighted by atomic mass is 10.2. The minimum atomic E-state index is -0.972. The number of aromatic carboxylic acids is 1. The first-order chi connectivity index (χ1) is 5.74. The number of halogens is 1. The molecule has 1 aromatic rings. The Hall–Kier alpha value is -1.13. The monoisotopic (exact) mass is 203 g/mol. The van der Waals surface area contributed by atoms with Gasteiger partial charge in [-0.05, 0) is 11.6 Å². The molecule has 1 aromatic heterocycles. The highest BCUT2D eigenvalue weighted by Gasteiger charge is 2.02. The average molecular weight is 204 g/mol. The van der Waals surface area contributed by atoms with Gasteiger partial charge in [0.15, 0.2) is 0 Å². The van der Waals surface area contributed by atoms with Crippen molar-refractivity contribution in [2.75, 3.05) is 7.11 Å². The number of carbonyl (C=O) groups is 1.